The van der Waals surface area contributed by atoms with Gasteiger partial charge in [-0.15, -0.1) is 0 Å². The van der Waals surface area contributed by atoms with Crippen LogP contribution in [-0.4, -0.2) is 16.5 Å². The van der Waals surface area contributed by atoms with Gasteiger partial charge in [0.15, 0.2) is 0 Å². The van der Waals surface area contributed by atoms with E-state index in [1.165, 1.54) is 5.56 Å². The molecule has 0 saturated carbocycles. The Morgan fingerprint density at radius 2 is 1.94 bits per heavy atom. The zero-order chi connectivity index (χ0) is 13.1. The average molecular weight is 312 g/mol. The fraction of sp³-hybridized carbons (Fsp3) is 0.462. The molecule has 1 aromatic carbocycles. The molecule has 0 radical (unpaired) electrons. The lowest BCUT2D eigenvalue weighted by molar-refractivity contribution is 0.508. The Kier molecular flexibility index (Phi) is 4.24. The molecule has 2 rings (SSSR count). The molecule has 0 fully saturated rings. The van der Waals surface area contributed by atoms with E-state index in [4.69, 9.17) is 0 Å². The van der Waals surface area contributed by atoms with E-state index in [0.717, 1.165) is 34.9 Å². The van der Waals surface area contributed by atoms with Crippen molar-refractivity contribution in [1.29, 1.82) is 0 Å². The molecule has 3 N–H and O–H groups in total. The van der Waals surface area contributed by atoms with Gasteiger partial charge in [-0.3, -0.25) is 0 Å². The van der Waals surface area contributed by atoms with Crippen molar-refractivity contribution in [3.05, 3.63) is 32.7 Å². The first-order valence-corrected chi connectivity index (χ1v) is 7.09. The van der Waals surface area contributed by atoms with Crippen molar-refractivity contribution in [2.24, 2.45) is 0 Å². The Balaban J connectivity index is 2.47. The van der Waals surface area contributed by atoms with Crippen molar-refractivity contribution >= 4 is 27.0 Å². The smallest absolute Gasteiger partial charge is 0.310 e. The van der Waals surface area contributed by atoms with Gasteiger partial charge in [-0.2, -0.15) is 0 Å². The molecule has 0 aliphatic heterocycles. The average Bonchev–Trinajstić information content (AvgIpc) is 2.67. The summed E-state index contributed by atoms with van der Waals surface area (Å²) in [6.45, 7) is 5.21. The van der Waals surface area contributed by atoms with Crippen molar-refractivity contribution in [2.75, 3.05) is 6.54 Å². The molecule has 0 aliphatic carbocycles. The molecule has 0 bridgehead atoms. The van der Waals surface area contributed by atoms with Crippen LogP contribution in [-0.2, 0) is 0 Å². The minimum atomic E-state index is -0.162. The largest absolute Gasteiger partial charge is 0.323 e. The number of hydrogen-bond acceptors (Lipinski definition) is 2. The third-order valence-corrected chi connectivity index (χ3v) is 3.72. The monoisotopic (exact) mass is 311 g/mol. The summed E-state index contributed by atoms with van der Waals surface area (Å²) in [5.41, 5.74) is 2.73. The molecule has 1 unspecified atom stereocenters. The Morgan fingerprint density at radius 3 is 2.56 bits per heavy atom. The number of hydrogen-bond donors (Lipinski definition) is 3. The Labute approximate surface area is 114 Å². The molecule has 18 heavy (non-hydrogen) atoms. The first kappa shape index (κ1) is 13.4. The Bertz CT molecular complexity index is 581. The molecule has 5 heteroatoms. The minimum absolute atomic E-state index is 0.162. The van der Waals surface area contributed by atoms with Gasteiger partial charge in [0.05, 0.1) is 11.0 Å². The van der Waals surface area contributed by atoms with E-state index in [2.05, 4.69) is 45.1 Å². The molecule has 1 aromatic heterocycles. The Hall–Kier alpha value is -1.07. The maximum atomic E-state index is 11.3. The maximum Gasteiger partial charge on any atom is 0.323 e. The molecule has 1 heterocycles. The summed E-state index contributed by atoms with van der Waals surface area (Å²) in [5, 5.41) is 3.48. The van der Waals surface area contributed by atoms with Gasteiger partial charge in [0.25, 0.3) is 0 Å². The summed E-state index contributed by atoms with van der Waals surface area (Å²) < 4.78 is 1.03. The lowest BCUT2D eigenvalue weighted by atomic mass is 10.0. The van der Waals surface area contributed by atoms with Gasteiger partial charge in [-0.05, 0) is 30.7 Å². The molecule has 4 nitrogen and oxygen atoms in total. The first-order chi connectivity index (χ1) is 8.65. The molecule has 0 aliphatic rings. The fourth-order valence-corrected chi connectivity index (χ4v) is 2.86. The number of aromatic nitrogens is 2. The lowest BCUT2D eigenvalue weighted by Gasteiger charge is -2.19. The number of benzene rings is 1. The van der Waals surface area contributed by atoms with E-state index in [1.54, 1.807) is 0 Å². The van der Waals surface area contributed by atoms with Crippen LogP contribution in [0.15, 0.2) is 21.4 Å². The second kappa shape index (κ2) is 5.71. The van der Waals surface area contributed by atoms with Crippen molar-refractivity contribution in [2.45, 2.75) is 32.7 Å². The highest BCUT2D eigenvalue weighted by atomic mass is 79.9. The molecular weight excluding hydrogens is 294 g/mol. The highest BCUT2D eigenvalue weighted by Gasteiger charge is 2.14. The van der Waals surface area contributed by atoms with E-state index < -0.39 is 0 Å². The SMILES string of the molecule is CCCC(NCC)c1cc2[nH]c(=O)[nH]c2cc1Br. The van der Waals surface area contributed by atoms with Gasteiger partial charge in [-0.1, -0.05) is 36.2 Å². The van der Waals surface area contributed by atoms with E-state index in [0.29, 0.717) is 6.04 Å². The molecule has 2 aromatic rings. The van der Waals surface area contributed by atoms with E-state index in [1.807, 2.05) is 12.1 Å². The molecular formula is C13H18BrN3O. The summed E-state index contributed by atoms with van der Waals surface area (Å²) in [6.07, 6.45) is 2.19. The van der Waals surface area contributed by atoms with Crippen molar-refractivity contribution in [3.63, 3.8) is 0 Å². The van der Waals surface area contributed by atoms with Crippen LogP contribution in [0.4, 0.5) is 0 Å². The fourth-order valence-electron chi connectivity index (χ4n) is 2.24. The number of fused-ring (bicyclic) bond motifs is 1. The predicted molar refractivity (Wildman–Crippen MR) is 77.9 cm³/mol. The van der Waals surface area contributed by atoms with Crippen molar-refractivity contribution < 1.29 is 0 Å². The number of imidazole rings is 1. The quantitative estimate of drug-likeness (QED) is 0.794. The topological polar surface area (TPSA) is 60.7 Å². The van der Waals surface area contributed by atoms with E-state index in [9.17, 15) is 4.79 Å². The molecule has 98 valence electrons. The number of halogens is 1. The van der Waals surface area contributed by atoms with Crippen LogP contribution < -0.4 is 11.0 Å². The minimum Gasteiger partial charge on any atom is -0.310 e. The summed E-state index contributed by atoms with van der Waals surface area (Å²) in [4.78, 5) is 16.9. The Morgan fingerprint density at radius 1 is 1.28 bits per heavy atom. The summed E-state index contributed by atoms with van der Waals surface area (Å²) in [6, 6.07) is 4.32. The zero-order valence-corrected chi connectivity index (χ0v) is 12.2. The lowest BCUT2D eigenvalue weighted by Crippen LogP contribution is -2.21. The first-order valence-electron chi connectivity index (χ1n) is 6.30. The van der Waals surface area contributed by atoms with Crippen LogP contribution in [0.1, 0.15) is 38.3 Å². The van der Waals surface area contributed by atoms with Gasteiger partial charge in [0.2, 0.25) is 0 Å². The summed E-state index contributed by atoms with van der Waals surface area (Å²) >= 11 is 3.59. The van der Waals surface area contributed by atoms with Gasteiger partial charge >= 0.3 is 5.69 Å². The standard InChI is InChI=1S/C13H18BrN3O/c1-3-5-10(15-4-2)8-6-11-12(7-9(8)14)17-13(18)16-11/h6-7,10,15H,3-5H2,1-2H3,(H2,16,17,18). The van der Waals surface area contributed by atoms with Gasteiger partial charge in [0.1, 0.15) is 0 Å². The predicted octanol–water partition coefficient (Wildman–Crippen LogP) is 3.07. The summed E-state index contributed by atoms with van der Waals surface area (Å²) in [5.74, 6) is 0. The van der Waals surface area contributed by atoms with Crippen LogP contribution in [0.5, 0.6) is 0 Å². The number of rotatable bonds is 5. The molecule has 1 atom stereocenters. The van der Waals surface area contributed by atoms with Gasteiger partial charge < -0.3 is 15.3 Å². The van der Waals surface area contributed by atoms with Crippen LogP contribution in [0.25, 0.3) is 11.0 Å². The molecule has 0 spiro atoms. The molecule has 0 saturated heterocycles. The number of nitrogens with one attached hydrogen (secondary N) is 3. The maximum absolute atomic E-state index is 11.3. The summed E-state index contributed by atoms with van der Waals surface area (Å²) in [7, 11) is 0. The van der Waals surface area contributed by atoms with Crippen molar-refractivity contribution in [3.8, 4) is 0 Å². The third-order valence-electron chi connectivity index (χ3n) is 3.04. The zero-order valence-electron chi connectivity index (χ0n) is 10.6. The van der Waals surface area contributed by atoms with Crippen LogP contribution in [0, 0.1) is 0 Å². The molecule has 0 amide bonds. The van der Waals surface area contributed by atoms with Gasteiger partial charge in [-0.25, -0.2) is 4.79 Å². The second-order valence-electron chi connectivity index (χ2n) is 4.40. The number of aromatic amines is 2. The normalized spacial score (nSPS) is 13.1. The number of H-pyrrole nitrogens is 2. The van der Waals surface area contributed by atoms with Crippen LogP contribution in [0.3, 0.4) is 0 Å². The van der Waals surface area contributed by atoms with Gasteiger partial charge in [0, 0.05) is 10.5 Å². The van der Waals surface area contributed by atoms with E-state index in [-0.39, 0.29) is 5.69 Å². The highest BCUT2D eigenvalue weighted by molar-refractivity contribution is 9.10. The van der Waals surface area contributed by atoms with Crippen molar-refractivity contribution in [1.82, 2.24) is 15.3 Å². The highest BCUT2D eigenvalue weighted by Crippen LogP contribution is 2.29. The van der Waals surface area contributed by atoms with E-state index >= 15 is 0 Å². The van der Waals surface area contributed by atoms with Crippen LogP contribution >= 0.6 is 15.9 Å². The second-order valence-corrected chi connectivity index (χ2v) is 5.25. The third kappa shape index (κ3) is 2.67. The van der Waals surface area contributed by atoms with Crippen LogP contribution in [0.2, 0.25) is 0 Å².